The van der Waals surface area contributed by atoms with Gasteiger partial charge in [0.25, 0.3) is 0 Å². The smallest absolute Gasteiger partial charge is 0.225 e. The Morgan fingerprint density at radius 2 is 2.20 bits per heavy atom. The largest absolute Gasteiger partial charge is 0.387 e. The molecule has 1 aliphatic rings. The topological polar surface area (TPSA) is 78.9 Å². The van der Waals surface area contributed by atoms with Crippen LogP contribution in [0.25, 0.3) is 0 Å². The van der Waals surface area contributed by atoms with E-state index in [1.165, 1.54) is 0 Å². The fourth-order valence-electron chi connectivity index (χ4n) is 1.87. The van der Waals surface area contributed by atoms with Gasteiger partial charge in [-0.15, -0.1) is 0 Å². The molecular weight excluding hydrogens is 190 g/mol. The molecule has 3 N–H and O–H groups in total. The summed E-state index contributed by atoms with van der Waals surface area (Å²) in [6, 6.07) is 1.80. The maximum Gasteiger partial charge on any atom is 0.225 e. The minimum atomic E-state index is 0.155. The molecule has 15 heavy (non-hydrogen) atoms. The Labute approximate surface area is 88.8 Å². The third-order valence-electron chi connectivity index (χ3n) is 2.70. The van der Waals surface area contributed by atoms with E-state index in [9.17, 15) is 0 Å². The van der Waals surface area contributed by atoms with Crippen LogP contribution in [0.2, 0.25) is 0 Å². The van der Waals surface area contributed by atoms with Gasteiger partial charge in [0.2, 0.25) is 5.95 Å². The van der Waals surface area contributed by atoms with E-state index in [2.05, 4.69) is 14.9 Å². The van der Waals surface area contributed by atoms with Gasteiger partial charge in [0.1, 0.15) is 0 Å². The molecule has 0 bridgehead atoms. The molecule has 1 aliphatic heterocycles. The van der Waals surface area contributed by atoms with Gasteiger partial charge in [0.05, 0.1) is 5.84 Å². The summed E-state index contributed by atoms with van der Waals surface area (Å²) in [4.78, 5) is 10.5. The average molecular weight is 205 g/mol. The highest BCUT2D eigenvalue weighted by Gasteiger charge is 2.23. The van der Waals surface area contributed by atoms with Crippen molar-refractivity contribution >= 4 is 11.8 Å². The number of piperidine rings is 1. The molecule has 2 heterocycles. The van der Waals surface area contributed by atoms with Crippen LogP contribution in [0.3, 0.4) is 0 Å². The van der Waals surface area contributed by atoms with E-state index in [0.717, 1.165) is 31.9 Å². The fraction of sp³-hybridized carbons (Fsp3) is 0.500. The summed E-state index contributed by atoms with van der Waals surface area (Å²) in [6.45, 7) is 1.72. The number of aromatic nitrogens is 2. The van der Waals surface area contributed by atoms with Crippen molar-refractivity contribution < 1.29 is 0 Å². The van der Waals surface area contributed by atoms with Crippen molar-refractivity contribution in [1.29, 1.82) is 5.41 Å². The van der Waals surface area contributed by atoms with Gasteiger partial charge in [-0.3, -0.25) is 5.41 Å². The van der Waals surface area contributed by atoms with Crippen LogP contribution in [0, 0.1) is 11.3 Å². The lowest BCUT2D eigenvalue weighted by Crippen LogP contribution is -2.41. The van der Waals surface area contributed by atoms with E-state index in [1.54, 1.807) is 18.5 Å². The minimum absolute atomic E-state index is 0.155. The highest BCUT2D eigenvalue weighted by molar-refractivity contribution is 5.80. The second-order valence-electron chi connectivity index (χ2n) is 3.79. The van der Waals surface area contributed by atoms with Crippen LogP contribution in [-0.2, 0) is 0 Å². The van der Waals surface area contributed by atoms with E-state index >= 15 is 0 Å². The molecule has 0 amide bonds. The standard InChI is InChI=1S/C10H15N5/c11-9(12)8-3-1-6-15(7-8)10-13-4-2-5-14-10/h2,4-5,8H,1,3,6-7H2,(H3,11,12). The van der Waals surface area contributed by atoms with Gasteiger partial charge in [-0.2, -0.15) is 0 Å². The molecule has 0 saturated carbocycles. The Morgan fingerprint density at radius 3 is 2.87 bits per heavy atom. The zero-order valence-electron chi connectivity index (χ0n) is 8.56. The van der Waals surface area contributed by atoms with E-state index < -0.39 is 0 Å². The summed E-state index contributed by atoms with van der Waals surface area (Å²) >= 11 is 0. The lowest BCUT2D eigenvalue weighted by molar-refractivity contribution is 0.496. The highest BCUT2D eigenvalue weighted by atomic mass is 15.2. The maximum absolute atomic E-state index is 7.45. The van der Waals surface area contributed by atoms with Crippen molar-refractivity contribution in [2.75, 3.05) is 18.0 Å². The summed E-state index contributed by atoms with van der Waals surface area (Å²) in [5.74, 6) is 1.17. The van der Waals surface area contributed by atoms with Gasteiger partial charge in [-0.1, -0.05) is 0 Å². The van der Waals surface area contributed by atoms with E-state index in [-0.39, 0.29) is 11.8 Å². The predicted molar refractivity (Wildman–Crippen MR) is 58.9 cm³/mol. The van der Waals surface area contributed by atoms with Crippen molar-refractivity contribution in [3.05, 3.63) is 18.5 Å². The van der Waals surface area contributed by atoms with Gasteiger partial charge >= 0.3 is 0 Å². The third kappa shape index (κ3) is 2.23. The molecule has 5 heteroatoms. The Morgan fingerprint density at radius 1 is 1.47 bits per heavy atom. The summed E-state index contributed by atoms with van der Waals surface area (Å²) in [6.07, 6.45) is 5.51. The first kappa shape index (κ1) is 9.89. The zero-order valence-corrected chi connectivity index (χ0v) is 8.56. The number of amidine groups is 1. The molecule has 2 rings (SSSR count). The molecule has 1 fully saturated rings. The van der Waals surface area contributed by atoms with Crippen molar-refractivity contribution in [2.24, 2.45) is 11.7 Å². The molecule has 0 radical (unpaired) electrons. The molecule has 1 aromatic rings. The molecule has 5 nitrogen and oxygen atoms in total. The first-order chi connectivity index (χ1) is 7.27. The Kier molecular flexibility index (Phi) is 2.80. The van der Waals surface area contributed by atoms with E-state index in [1.807, 2.05) is 0 Å². The second kappa shape index (κ2) is 4.25. The molecule has 1 aromatic heterocycles. The molecule has 1 unspecified atom stereocenters. The molecular formula is C10H15N5. The quantitative estimate of drug-likeness (QED) is 0.548. The van der Waals surface area contributed by atoms with Crippen LogP contribution in [0.4, 0.5) is 5.95 Å². The third-order valence-corrected chi connectivity index (χ3v) is 2.70. The number of nitrogens with one attached hydrogen (secondary N) is 1. The highest BCUT2D eigenvalue weighted by Crippen LogP contribution is 2.19. The Hall–Kier alpha value is -1.65. The fourth-order valence-corrected chi connectivity index (χ4v) is 1.87. The average Bonchev–Trinajstić information content (AvgIpc) is 2.30. The minimum Gasteiger partial charge on any atom is -0.387 e. The monoisotopic (exact) mass is 205 g/mol. The number of rotatable bonds is 2. The summed E-state index contributed by atoms with van der Waals surface area (Å²) in [5, 5.41) is 7.45. The number of hydrogen-bond acceptors (Lipinski definition) is 4. The molecule has 0 aromatic carbocycles. The van der Waals surface area contributed by atoms with Crippen LogP contribution in [0.15, 0.2) is 18.5 Å². The number of nitrogens with zero attached hydrogens (tertiary/aromatic N) is 3. The van der Waals surface area contributed by atoms with Crippen LogP contribution >= 0.6 is 0 Å². The van der Waals surface area contributed by atoms with Crippen LogP contribution in [0.5, 0.6) is 0 Å². The lowest BCUT2D eigenvalue weighted by Gasteiger charge is -2.31. The SMILES string of the molecule is N=C(N)C1CCCN(c2ncccn2)C1. The van der Waals surface area contributed by atoms with Crippen LogP contribution in [-0.4, -0.2) is 28.9 Å². The van der Waals surface area contributed by atoms with Crippen molar-refractivity contribution in [3.8, 4) is 0 Å². The molecule has 0 spiro atoms. The van der Waals surface area contributed by atoms with Gasteiger partial charge in [0, 0.05) is 31.4 Å². The first-order valence-electron chi connectivity index (χ1n) is 5.13. The van der Waals surface area contributed by atoms with Crippen LogP contribution < -0.4 is 10.6 Å². The van der Waals surface area contributed by atoms with Gasteiger partial charge in [0.15, 0.2) is 0 Å². The Balaban J connectivity index is 2.08. The summed E-state index contributed by atoms with van der Waals surface area (Å²) < 4.78 is 0. The summed E-state index contributed by atoms with van der Waals surface area (Å²) in [5.41, 5.74) is 5.52. The van der Waals surface area contributed by atoms with Crippen molar-refractivity contribution in [2.45, 2.75) is 12.8 Å². The second-order valence-corrected chi connectivity index (χ2v) is 3.79. The van der Waals surface area contributed by atoms with E-state index in [4.69, 9.17) is 11.1 Å². The Bertz CT molecular complexity index is 337. The molecule has 1 saturated heterocycles. The maximum atomic E-state index is 7.45. The predicted octanol–water partition coefficient (Wildman–Crippen LogP) is 0.629. The van der Waals surface area contributed by atoms with Crippen LogP contribution in [0.1, 0.15) is 12.8 Å². The van der Waals surface area contributed by atoms with Gasteiger partial charge in [-0.25, -0.2) is 9.97 Å². The molecule has 80 valence electrons. The summed E-state index contributed by atoms with van der Waals surface area (Å²) in [7, 11) is 0. The van der Waals surface area contributed by atoms with Gasteiger partial charge in [-0.05, 0) is 18.9 Å². The number of anilines is 1. The van der Waals surface area contributed by atoms with Crippen molar-refractivity contribution in [1.82, 2.24) is 9.97 Å². The normalized spacial score (nSPS) is 21.3. The molecule has 0 aliphatic carbocycles. The van der Waals surface area contributed by atoms with Crippen molar-refractivity contribution in [3.63, 3.8) is 0 Å². The number of nitrogens with two attached hydrogens (primary N) is 1. The molecule has 1 atom stereocenters. The van der Waals surface area contributed by atoms with E-state index in [0.29, 0.717) is 0 Å². The first-order valence-corrected chi connectivity index (χ1v) is 5.13. The lowest BCUT2D eigenvalue weighted by atomic mass is 9.97. The zero-order chi connectivity index (χ0) is 10.7. The number of hydrogen-bond donors (Lipinski definition) is 2. The van der Waals surface area contributed by atoms with Gasteiger partial charge < -0.3 is 10.6 Å².